The van der Waals surface area contributed by atoms with E-state index >= 15 is 0 Å². The fraction of sp³-hybridized carbons (Fsp3) is 0.600. The fourth-order valence-corrected chi connectivity index (χ4v) is 2.88. The molecule has 20 heavy (non-hydrogen) atoms. The van der Waals surface area contributed by atoms with E-state index in [1.54, 1.807) is 12.4 Å². The third kappa shape index (κ3) is 2.83. The second-order valence-electron chi connectivity index (χ2n) is 5.49. The van der Waals surface area contributed by atoms with Crippen molar-refractivity contribution in [2.75, 3.05) is 6.61 Å². The van der Waals surface area contributed by atoms with E-state index in [1.165, 1.54) is 0 Å². The molecule has 0 radical (unpaired) electrons. The molecule has 4 atom stereocenters. The minimum absolute atomic E-state index is 0.00575. The monoisotopic (exact) mass is 276 g/mol. The molecule has 3 rings (SSSR count). The van der Waals surface area contributed by atoms with Gasteiger partial charge in [0.25, 0.3) is 0 Å². The van der Waals surface area contributed by atoms with Crippen LogP contribution in [0.5, 0.6) is 0 Å². The standard InChI is InChI=1S/C15H20N2O3/c1-10-4-5-13(20-10)15(18)17-12-6-8-19-14(12)11-3-2-7-16-9-11/h2-3,7,9-10,12-14H,4-6,8H2,1H3,(H,17,18)/t10-,12-,13-,14+/m0/s1. The van der Waals surface area contributed by atoms with Gasteiger partial charge in [-0.3, -0.25) is 9.78 Å². The van der Waals surface area contributed by atoms with Crippen molar-refractivity contribution in [2.24, 2.45) is 0 Å². The Labute approximate surface area is 118 Å². The Morgan fingerprint density at radius 2 is 2.30 bits per heavy atom. The van der Waals surface area contributed by atoms with E-state index in [-0.39, 0.29) is 30.3 Å². The summed E-state index contributed by atoms with van der Waals surface area (Å²) >= 11 is 0. The number of carbonyl (C=O) groups excluding carboxylic acids is 1. The predicted molar refractivity (Wildman–Crippen MR) is 73.0 cm³/mol. The summed E-state index contributed by atoms with van der Waals surface area (Å²) in [7, 11) is 0. The van der Waals surface area contributed by atoms with Crippen molar-refractivity contribution in [3.63, 3.8) is 0 Å². The van der Waals surface area contributed by atoms with Crippen molar-refractivity contribution in [2.45, 2.75) is 50.5 Å². The maximum Gasteiger partial charge on any atom is 0.249 e. The minimum atomic E-state index is -0.305. The molecule has 1 aromatic heterocycles. The summed E-state index contributed by atoms with van der Waals surface area (Å²) in [6, 6.07) is 3.87. The molecule has 1 N–H and O–H groups in total. The highest BCUT2D eigenvalue weighted by Crippen LogP contribution is 2.29. The van der Waals surface area contributed by atoms with E-state index in [9.17, 15) is 4.79 Å². The molecule has 1 amide bonds. The Bertz CT molecular complexity index is 465. The summed E-state index contributed by atoms with van der Waals surface area (Å²) < 4.78 is 11.3. The quantitative estimate of drug-likeness (QED) is 0.911. The molecule has 108 valence electrons. The van der Waals surface area contributed by atoms with Gasteiger partial charge in [-0.05, 0) is 32.3 Å². The van der Waals surface area contributed by atoms with Gasteiger partial charge in [-0.1, -0.05) is 6.07 Å². The molecular formula is C15H20N2O3. The fourth-order valence-electron chi connectivity index (χ4n) is 2.88. The molecule has 3 heterocycles. The lowest BCUT2D eigenvalue weighted by Gasteiger charge is -2.21. The molecular weight excluding hydrogens is 256 g/mol. The smallest absolute Gasteiger partial charge is 0.249 e. The van der Waals surface area contributed by atoms with Crippen LogP contribution in [-0.2, 0) is 14.3 Å². The SMILES string of the molecule is C[C@H]1CC[C@@H](C(=O)N[C@H]2CCO[C@@H]2c2cccnc2)O1. The van der Waals surface area contributed by atoms with Gasteiger partial charge in [0.15, 0.2) is 0 Å². The average Bonchev–Trinajstić information content (AvgIpc) is 3.09. The van der Waals surface area contributed by atoms with E-state index in [4.69, 9.17) is 9.47 Å². The van der Waals surface area contributed by atoms with Crippen LogP contribution in [0.1, 0.15) is 37.9 Å². The molecule has 2 aliphatic rings. The Balaban J connectivity index is 1.63. The number of amides is 1. The van der Waals surface area contributed by atoms with Crippen molar-refractivity contribution in [1.82, 2.24) is 10.3 Å². The van der Waals surface area contributed by atoms with Crippen molar-refractivity contribution in [1.29, 1.82) is 0 Å². The number of nitrogens with one attached hydrogen (secondary N) is 1. The molecule has 5 heteroatoms. The maximum absolute atomic E-state index is 12.2. The minimum Gasteiger partial charge on any atom is -0.371 e. The second kappa shape index (κ2) is 5.89. The van der Waals surface area contributed by atoms with Crippen LogP contribution in [0, 0.1) is 0 Å². The van der Waals surface area contributed by atoms with Crippen molar-refractivity contribution in [3.05, 3.63) is 30.1 Å². The lowest BCUT2D eigenvalue weighted by molar-refractivity contribution is -0.132. The predicted octanol–water partition coefficient (Wildman–Crippen LogP) is 1.60. The first kappa shape index (κ1) is 13.5. The normalized spacial score (nSPS) is 33.2. The second-order valence-corrected chi connectivity index (χ2v) is 5.49. The zero-order chi connectivity index (χ0) is 13.9. The van der Waals surface area contributed by atoms with Crippen LogP contribution < -0.4 is 5.32 Å². The van der Waals surface area contributed by atoms with Gasteiger partial charge in [0.2, 0.25) is 5.91 Å². The van der Waals surface area contributed by atoms with Gasteiger partial charge in [0, 0.05) is 24.6 Å². The summed E-state index contributed by atoms with van der Waals surface area (Å²) in [4.78, 5) is 16.3. The Hall–Kier alpha value is -1.46. The molecule has 2 saturated heterocycles. The van der Waals surface area contributed by atoms with Crippen LogP contribution in [0.3, 0.4) is 0 Å². The molecule has 2 aliphatic heterocycles. The van der Waals surface area contributed by atoms with Gasteiger partial charge in [-0.25, -0.2) is 0 Å². The van der Waals surface area contributed by atoms with E-state index < -0.39 is 0 Å². The summed E-state index contributed by atoms with van der Waals surface area (Å²) in [5.74, 6) is -0.0151. The van der Waals surface area contributed by atoms with Gasteiger partial charge in [0.05, 0.1) is 12.1 Å². The van der Waals surface area contributed by atoms with Gasteiger partial charge < -0.3 is 14.8 Å². The third-order valence-electron chi connectivity index (χ3n) is 3.96. The average molecular weight is 276 g/mol. The molecule has 0 saturated carbocycles. The topological polar surface area (TPSA) is 60.5 Å². The van der Waals surface area contributed by atoms with E-state index in [0.29, 0.717) is 6.61 Å². The van der Waals surface area contributed by atoms with Crippen LogP contribution in [0.2, 0.25) is 0 Å². The molecule has 0 aliphatic carbocycles. The molecule has 0 aromatic carbocycles. The molecule has 2 fully saturated rings. The number of rotatable bonds is 3. The van der Waals surface area contributed by atoms with Crippen LogP contribution in [-0.4, -0.2) is 35.7 Å². The van der Waals surface area contributed by atoms with Gasteiger partial charge in [-0.2, -0.15) is 0 Å². The van der Waals surface area contributed by atoms with Crippen molar-refractivity contribution >= 4 is 5.91 Å². The first-order valence-electron chi connectivity index (χ1n) is 7.21. The van der Waals surface area contributed by atoms with Crippen molar-refractivity contribution < 1.29 is 14.3 Å². The first-order valence-corrected chi connectivity index (χ1v) is 7.21. The lowest BCUT2D eigenvalue weighted by atomic mass is 10.0. The van der Waals surface area contributed by atoms with Gasteiger partial charge >= 0.3 is 0 Å². The molecule has 5 nitrogen and oxygen atoms in total. The maximum atomic E-state index is 12.2. The Kier molecular flexibility index (Phi) is 3.98. The molecule has 1 aromatic rings. The lowest BCUT2D eigenvalue weighted by Crippen LogP contribution is -2.42. The zero-order valence-corrected chi connectivity index (χ0v) is 11.6. The molecule has 0 unspecified atom stereocenters. The third-order valence-corrected chi connectivity index (χ3v) is 3.96. The number of pyridine rings is 1. The number of carbonyl (C=O) groups is 1. The van der Waals surface area contributed by atoms with E-state index in [2.05, 4.69) is 10.3 Å². The highest BCUT2D eigenvalue weighted by Gasteiger charge is 2.35. The number of hydrogen-bond acceptors (Lipinski definition) is 4. The van der Waals surface area contributed by atoms with Gasteiger partial charge in [0.1, 0.15) is 12.2 Å². The van der Waals surface area contributed by atoms with Crippen LogP contribution in [0.4, 0.5) is 0 Å². The largest absolute Gasteiger partial charge is 0.371 e. The van der Waals surface area contributed by atoms with Crippen LogP contribution in [0.25, 0.3) is 0 Å². The molecule has 0 bridgehead atoms. The number of hydrogen-bond donors (Lipinski definition) is 1. The zero-order valence-electron chi connectivity index (χ0n) is 11.6. The van der Waals surface area contributed by atoms with Crippen molar-refractivity contribution in [3.8, 4) is 0 Å². The number of aromatic nitrogens is 1. The highest BCUT2D eigenvalue weighted by atomic mass is 16.5. The number of ether oxygens (including phenoxy) is 2. The van der Waals surface area contributed by atoms with Crippen LogP contribution >= 0.6 is 0 Å². The highest BCUT2D eigenvalue weighted by molar-refractivity contribution is 5.81. The van der Waals surface area contributed by atoms with E-state index in [1.807, 2.05) is 19.1 Å². The summed E-state index contributed by atoms with van der Waals surface area (Å²) in [6.45, 7) is 2.66. The van der Waals surface area contributed by atoms with E-state index in [0.717, 1.165) is 24.8 Å². The van der Waals surface area contributed by atoms with Crippen LogP contribution in [0.15, 0.2) is 24.5 Å². The summed E-state index contributed by atoms with van der Waals surface area (Å²) in [5.41, 5.74) is 1.01. The van der Waals surface area contributed by atoms with Gasteiger partial charge in [-0.15, -0.1) is 0 Å². The Morgan fingerprint density at radius 1 is 1.40 bits per heavy atom. The Morgan fingerprint density at radius 3 is 3.00 bits per heavy atom. The first-order chi connectivity index (χ1) is 9.74. The molecule has 0 spiro atoms. The number of nitrogens with zero attached hydrogens (tertiary/aromatic N) is 1. The summed E-state index contributed by atoms with van der Waals surface area (Å²) in [5, 5.41) is 3.07. The summed E-state index contributed by atoms with van der Waals surface area (Å²) in [6.07, 6.45) is 5.88.